The van der Waals surface area contributed by atoms with Crippen molar-refractivity contribution >= 4 is 27.8 Å². The van der Waals surface area contributed by atoms with Crippen LogP contribution in [0.2, 0.25) is 0 Å². The standard InChI is InChI=1S/C19H27N3O8S/c1-5-6-12-21(31(28,29)16-10-8-7-9-15(16)22(26)27)13-11-14(17(23)24)20-18(25)30-19(2,3)4/h5,7-10,14H,1,6,11-13H2,2-4H3,(H,20,25)(H,23,24)/t14-/m0/s1. The Hall–Kier alpha value is -2.99. The molecule has 0 aliphatic rings. The summed E-state index contributed by atoms with van der Waals surface area (Å²) in [6.45, 7) is 7.98. The first-order valence-electron chi connectivity index (χ1n) is 9.36. The molecule has 12 heteroatoms. The number of hydrogen-bond donors (Lipinski definition) is 2. The highest BCUT2D eigenvalue weighted by molar-refractivity contribution is 7.89. The highest BCUT2D eigenvalue weighted by Gasteiger charge is 2.32. The smallest absolute Gasteiger partial charge is 0.408 e. The van der Waals surface area contributed by atoms with Crippen LogP contribution in [0.15, 0.2) is 41.8 Å². The summed E-state index contributed by atoms with van der Waals surface area (Å²) in [5, 5.41) is 22.9. The van der Waals surface area contributed by atoms with Gasteiger partial charge in [-0.3, -0.25) is 10.1 Å². The maximum atomic E-state index is 13.1. The molecule has 0 fully saturated rings. The second-order valence-electron chi connectivity index (χ2n) is 7.53. The van der Waals surface area contributed by atoms with Crippen molar-refractivity contribution in [1.82, 2.24) is 9.62 Å². The summed E-state index contributed by atoms with van der Waals surface area (Å²) >= 11 is 0. The zero-order chi connectivity index (χ0) is 23.8. The fourth-order valence-corrected chi connectivity index (χ4v) is 4.16. The number of sulfonamides is 1. The molecule has 1 atom stereocenters. The highest BCUT2D eigenvalue weighted by atomic mass is 32.2. The second kappa shape index (κ2) is 10.9. The molecule has 0 aliphatic heterocycles. The minimum Gasteiger partial charge on any atom is -0.480 e. The maximum Gasteiger partial charge on any atom is 0.408 e. The number of ether oxygens (including phenoxy) is 1. The van der Waals surface area contributed by atoms with E-state index in [0.29, 0.717) is 0 Å². The number of carboxylic acids is 1. The summed E-state index contributed by atoms with van der Waals surface area (Å²) in [4.78, 5) is 33.4. The first-order chi connectivity index (χ1) is 14.3. The lowest BCUT2D eigenvalue weighted by molar-refractivity contribution is -0.387. The largest absolute Gasteiger partial charge is 0.480 e. The SMILES string of the molecule is C=CCCN(CC[C@H](NC(=O)OC(C)(C)C)C(=O)O)S(=O)(=O)c1ccccc1[N+](=O)[O-]. The van der Waals surface area contributed by atoms with Crippen molar-refractivity contribution in [3.8, 4) is 0 Å². The van der Waals surface area contributed by atoms with E-state index in [1.54, 1.807) is 20.8 Å². The molecular formula is C19H27N3O8S. The van der Waals surface area contributed by atoms with Gasteiger partial charge in [0.05, 0.1) is 4.92 Å². The minimum atomic E-state index is -4.32. The Kier molecular flexibility index (Phi) is 9.13. The van der Waals surface area contributed by atoms with Crippen molar-refractivity contribution in [2.75, 3.05) is 13.1 Å². The molecule has 172 valence electrons. The average molecular weight is 458 g/mol. The number of nitrogens with one attached hydrogen (secondary N) is 1. The number of carboxylic acid groups (broad SMARTS) is 1. The summed E-state index contributed by atoms with van der Waals surface area (Å²) in [5.41, 5.74) is -1.44. The Morgan fingerprint density at radius 2 is 1.94 bits per heavy atom. The van der Waals surface area contributed by atoms with E-state index in [1.165, 1.54) is 18.2 Å². The number of nitrogens with zero attached hydrogens (tertiary/aromatic N) is 2. The van der Waals surface area contributed by atoms with Gasteiger partial charge >= 0.3 is 12.1 Å². The number of nitro benzene ring substituents is 1. The van der Waals surface area contributed by atoms with Crippen LogP contribution in [0.5, 0.6) is 0 Å². The monoisotopic (exact) mass is 457 g/mol. The Bertz CT molecular complexity index is 924. The zero-order valence-electron chi connectivity index (χ0n) is 17.6. The van der Waals surface area contributed by atoms with Crippen LogP contribution in [-0.4, -0.2) is 59.5 Å². The third kappa shape index (κ3) is 7.98. The summed E-state index contributed by atoms with van der Waals surface area (Å²) in [6.07, 6.45) is 0.456. The molecule has 1 rings (SSSR count). The van der Waals surface area contributed by atoms with Crippen molar-refractivity contribution in [3.05, 3.63) is 47.0 Å². The predicted octanol–water partition coefficient (Wildman–Crippen LogP) is 2.53. The summed E-state index contributed by atoms with van der Waals surface area (Å²) < 4.78 is 32.1. The lowest BCUT2D eigenvalue weighted by Gasteiger charge is -2.25. The molecule has 2 N–H and O–H groups in total. The Balaban J connectivity index is 3.11. The summed E-state index contributed by atoms with van der Waals surface area (Å²) in [6, 6.07) is 3.46. The number of para-hydroxylation sites is 1. The third-order valence-electron chi connectivity index (χ3n) is 3.92. The molecule has 0 radical (unpaired) electrons. The number of hydrogen-bond acceptors (Lipinski definition) is 7. The van der Waals surface area contributed by atoms with Crippen LogP contribution in [0.25, 0.3) is 0 Å². The number of amides is 1. The van der Waals surface area contributed by atoms with Gasteiger partial charge in [0.2, 0.25) is 10.0 Å². The van der Waals surface area contributed by atoms with E-state index in [2.05, 4.69) is 11.9 Å². The van der Waals surface area contributed by atoms with Gasteiger partial charge in [0, 0.05) is 19.2 Å². The fraction of sp³-hybridized carbons (Fsp3) is 0.474. The maximum absolute atomic E-state index is 13.1. The molecule has 1 amide bonds. The molecule has 0 saturated carbocycles. The van der Waals surface area contributed by atoms with Crippen molar-refractivity contribution < 1.29 is 32.8 Å². The molecule has 0 aromatic heterocycles. The molecule has 1 aromatic carbocycles. The molecular weight excluding hydrogens is 430 g/mol. The molecule has 1 aromatic rings. The molecule has 11 nitrogen and oxygen atoms in total. The van der Waals surface area contributed by atoms with Gasteiger partial charge in [-0.05, 0) is 39.7 Å². The number of benzene rings is 1. The number of nitro groups is 1. The van der Waals surface area contributed by atoms with Crippen LogP contribution in [-0.2, 0) is 19.6 Å². The van der Waals surface area contributed by atoms with E-state index in [-0.39, 0.29) is 25.9 Å². The van der Waals surface area contributed by atoms with Gasteiger partial charge in [0.25, 0.3) is 5.69 Å². The van der Waals surface area contributed by atoms with Crippen LogP contribution in [0.3, 0.4) is 0 Å². The Morgan fingerprint density at radius 1 is 1.32 bits per heavy atom. The normalized spacial score (nSPS) is 12.8. The Labute approximate surface area is 180 Å². The first-order valence-corrected chi connectivity index (χ1v) is 10.8. The minimum absolute atomic E-state index is 0.0728. The molecule has 31 heavy (non-hydrogen) atoms. The van der Waals surface area contributed by atoms with Crippen molar-refractivity contribution in [1.29, 1.82) is 0 Å². The summed E-state index contributed by atoms with van der Waals surface area (Å²) in [5.74, 6) is -1.38. The first kappa shape index (κ1) is 26.0. The van der Waals surface area contributed by atoms with E-state index < -0.39 is 49.2 Å². The number of carbonyl (C=O) groups excluding carboxylic acids is 1. The van der Waals surface area contributed by atoms with Gasteiger partial charge < -0.3 is 15.2 Å². The van der Waals surface area contributed by atoms with Gasteiger partial charge in [-0.1, -0.05) is 18.2 Å². The van der Waals surface area contributed by atoms with Crippen molar-refractivity contribution in [2.45, 2.75) is 50.2 Å². The quantitative estimate of drug-likeness (QED) is 0.292. The molecule has 0 saturated heterocycles. The van der Waals surface area contributed by atoms with Gasteiger partial charge in [-0.15, -0.1) is 6.58 Å². The van der Waals surface area contributed by atoms with Crippen LogP contribution in [0, 0.1) is 10.1 Å². The zero-order valence-corrected chi connectivity index (χ0v) is 18.4. The topological polar surface area (TPSA) is 156 Å². The van der Waals surface area contributed by atoms with E-state index in [1.807, 2.05) is 0 Å². The molecule has 0 heterocycles. The van der Waals surface area contributed by atoms with Gasteiger partial charge in [0.1, 0.15) is 11.6 Å². The molecule has 0 aliphatic carbocycles. The van der Waals surface area contributed by atoms with E-state index in [4.69, 9.17) is 4.74 Å². The van der Waals surface area contributed by atoms with E-state index in [9.17, 15) is 33.2 Å². The Morgan fingerprint density at radius 3 is 2.45 bits per heavy atom. The summed E-state index contributed by atoms with van der Waals surface area (Å²) in [7, 11) is -4.32. The van der Waals surface area contributed by atoms with Crippen LogP contribution in [0.4, 0.5) is 10.5 Å². The molecule has 0 bridgehead atoms. The van der Waals surface area contributed by atoms with E-state index in [0.717, 1.165) is 16.4 Å². The lowest BCUT2D eigenvalue weighted by atomic mass is 10.2. The number of alkyl carbamates (subject to hydrolysis) is 1. The molecule has 0 spiro atoms. The van der Waals surface area contributed by atoms with Gasteiger partial charge in [-0.2, -0.15) is 4.31 Å². The van der Waals surface area contributed by atoms with Crippen LogP contribution in [0.1, 0.15) is 33.6 Å². The number of aliphatic carboxylic acids is 1. The average Bonchev–Trinajstić information content (AvgIpc) is 2.65. The van der Waals surface area contributed by atoms with Gasteiger partial charge in [-0.25, -0.2) is 18.0 Å². The van der Waals surface area contributed by atoms with Crippen molar-refractivity contribution in [3.63, 3.8) is 0 Å². The lowest BCUT2D eigenvalue weighted by Crippen LogP contribution is -2.45. The van der Waals surface area contributed by atoms with Crippen molar-refractivity contribution in [2.24, 2.45) is 0 Å². The predicted molar refractivity (Wildman–Crippen MR) is 112 cm³/mol. The second-order valence-corrected chi connectivity index (χ2v) is 9.44. The van der Waals surface area contributed by atoms with Crippen LogP contribution < -0.4 is 5.32 Å². The molecule has 0 unspecified atom stereocenters. The van der Waals surface area contributed by atoms with Crippen LogP contribution >= 0.6 is 0 Å². The highest BCUT2D eigenvalue weighted by Crippen LogP contribution is 2.26. The number of rotatable bonds is 11. The fourth-order valence-electron chi connectivity index (χ4n) is 2.53. The number of carbonyl (C=O) groups is 2. The van der Waals surface area contributed by atoms with E-state index >= 15 is 0 Å². The third-order valence-corrected chi connectivity index (χ3v) is 5.86. The van der Waals surface area contributed by atoms with Gasteiger partial charge in [0.15, 0.2) is 4.90 Å².